The van der Waals surface area contributed by atoms with Crippen LogP contribution in [0.1, 0.15) is 65.0 Å². The van der Waals surface area contributed by atoms with Gasteiger partial charge in [0.15, 0.2) is 0 Å². The first-order chi connectivity index (χ1) is 17.9. The maximum atomic E-state index is 13.6. The standard InChI is InChI=1S/C16H11F3N3O2S.3C4H9.Sn/c17-16(18,19)15-10-14(11-4-2-1-3-5-11)22(21-15)12-6-8-13(9-7-12)25(20,23)24;3*1-3-4-2;/h2-10H,(H2,20,23,24);3*1,3-4H2,2H3;. The second kappa shape index (κ2) is 13.0. The van der Waals surface area contributed by atoms with Crippen LogP contribution in [0, 0.1) is 0 Å². The number of hydrogen-bond donors (Lipinski definition) is 1. The Morgan fingerprint density at radius 2 is 1.34 bits per heavy atom. The number of sulfonamides is 1. The van der Waals surface area contributed by atoms with E-state index >= 15 is 0 Å². The van der Waals surface area contributed by atoms with E-state index in [4.69, 9.17) is 5.14 Å². The summed E-state index contributed by atoms with van der Waals surface area (Å²) < 4.78 is 70.8. The molecule has 0 unspecified atom stereocenters. The third kappa shape index (κ3) is 7.41. The van der Waals surface area contributed by atoms with Crippen molar-refractivity contribution in [2.75, 3.05) is 0 Å². The molecule has 3 rings (SSSR count). The van der Waals surface area contributed by atoms with Crippen LogP contribution < -0.4 is 8.72 Å². The van der Waals surface area contributed by atoms with Gasteiger partial charge >= 0.3 is 229 Å². The van der Waals surface area contributed by atoms with Gasteiger partial charge in [0.2, 0.25) is 0 Å². The normalized spacial score (nSPS) is 12.7. The molecule has 0 amide bonds. The summed E-state index contributed by atoms with van der Waals surface area (Å²) in [6.07, 6.45) is 2.55. The number of hydrogen-bond acceptors (Lipinski definition) is 3. The Labute approximate surface area is 228 Å². The summed E-state index contributed by atoms with van der Waals surface area (Å²) in [5.74, 6) is 0. The van der Waals surface area contributed by atoms with E-state index in [-0.39, 0.29) is 4.90 Å². The summed E-state index contributed by atoms with van der Waals surface area (Å²) in [7, 11) is -3.93. The molecule has 1 aromatic heterocycles. The van der Waals surface area contributed by atoms with Crippen molar-refractivity contribution in [3.8, 4) is 16.9 Å². The number of halogens is 3. The molecule has 0 aliphatic rings. The maximum absolute atomic E-state index is 13.6. The van der Waals surface area contributed by atoms with Crippen molar-refractivity contribution in [2.24, 2.45) is 5.14 Å². The minimum atomic E-state index is -4.62. The molecule has 0 aliphatic heterocycles. The molecule has 2 aromatic carbocycles. The quantitative estimate of drug-likeness (QED) is 0.197. The molecule has 3 aromatic rings. The number of primary sulfonamides is 1. The fourth-order valence-corrected chi connectivity index (χ4v) is 21.5. The SMILES string of the molecule is CCC[CH2][Sn]([CH2]CCC)([CH2]CCC)[c]1ccc(-c2cc(C(F)(F)F)nn2-c2ccc(S(N)(=O)=O)cc2)cc1. The average Bonchev–Trinajstić information content (AvgIpc) is 3.35. The van der Waals surface area contributed by atoms with Crippen LogP contribution in [0.15, 0.2) is 59.5 Å². The van der Waals surface area contributed by atoms with Crippen LogP contribution in [0.2, 0.25) is 13.3 Å². The molecule has 0 fully saturated rings. The van der Waals surface area contributed by atoms with Gasteiger partial charge in [-0.25, -0.2) is 0 Å². The summed E-state index contributed by atoms with van der Waals surface area (Å²) in [6.45, 7) is 6.69. The van der Waals surface area contributed by atoms with E-state index in [1.807, 2.05) is 12.1 Å². The molecule has 0 aliphatic carbocycles. The van der Waals surface area contributed by atoms with E-state index in [1.54, 1.807) is 0 Å². The van der Waals surface area contributed by atoms with E-state index in [1.165, 1.54) is 84.4 Å². The van der Waals surface area contributed by atoms with E-state index in [0.29, 0.717) is 16.9 Å². The van der Waals surface area contributed by atoms with Gasteiger partial charge in [-0.15, -0.1) is 0 Å². The zero-order valence-electron chi connectivity index (χ0n) is 22.4. The summed E-state index contributed by atoms with van der Waals surface area (Å²) >= 11 is -2.68. The van der Waals surface area contributed by atoms with Gasteiger partial charge in [0.05, 0.1) is 0 Å². The van der Waals surface area contributed by atoms with Crippen molar-refractivity contribution in [1.82, 2.24) is 9.78 Å². The van der Waals surface area contributed by atoms with Gasteiger partial charge in [0.25, 0.3) is 0 Å². The molecule has 2 N–H and O–H groups in total. The molecule has 0 saturated heterocycles. The fourth-order valence-electron chi connectivity index (χ4n) is 5.05. The molecule has 0 radical (unpaired) electrons. The average molecular weight is 656 g/mol. The van der Waals surface area contributed by atoms with Crippen molar-refractivity contribution in [3.05, 3.63) is 60.3 Å². The second-order valence-corrected chi connectivity index (χ2v) is 24.8. The molecular weight excluding hydrogens is 618 g/mol. The number of alkyl halides is 3. The van der Waals surface area contributed by atoms with Crippen LogP contribution in [0.25, 0.3) is 16.9 Å². The fraction of sp³-hybridized carbons (Fsp3) is 0.464. The summed E-state index contributed by atoms with van der Waals surface area (Å²) in [5.41, 5.74) is 0.237. The number of rotatable bonds is 13. The molecule has 10 heteroatoms. The summed E-state index contributed by atoms with van der Waals surface area (Å²) in [6, 6.07) is 14.6. The first kappa shape index (κ1) is 30.7. The monoisotopic (exact) mass is 657 g/mol. The van der Waals surface area contributed by atoms with Gasteiger partial charge in [-0.2, -0.15) is 0 Å². The Hall–Kier alpha value is -1.85. The van der Waals surface area contributed by atoms with Crippen molar-refractivity contribution in [2.45, 2.75) is 83.7 Å². The predicted molar refractivity (Wildman–Crippen MR) is 150 cm³/mol. The molecule has 0 spiro atoms. The number of aromatic nitrogens is 2. The molecule has 0 atom stereocenters. The van der Waals surface area contributed by atoms with Gasteiger partial charge in [-0.3, -0.25) is 0 Å². The van der Waals surface area contributed by atoms with Crippen molar-refractivity contribution < 1.29 is 21.6 Å². The van der Waals surface area contributed by atoms with Gasteiger partial charge in [0.1, 0.15) is 0 Å². The van der Waals surface area contributed by atoms with Gasteiger partial charge in [-0.1, -0.05) is 0 Å². The summed E-state index contributed by atoms with van der Waals surface area (Å²) in [4.78, 5) is -0.120. The molecule has 0 saturated carbocycles. The van der Waals surface area contributed by atoms with Crippen LogP contribution in [0.4, 0.5) is 13.2 Å². The van der Waals surface area contributed by atoms with Crippen molar-refractivity contribution in [3.63, 3.8) is 0 Å². The molecule has 0 bridgehead atoms. The molecule has 208 valence electrons. The van der Waals surface area contributed by atoms with Crippen molar-refractivity contribution >= 4 is 32.0 Å². The zero-order chi connectivity index (χ0) is 28.0. The zero-order valence-corrected chi connectivity index (χ0v) is 26.1. The van der Waals surface area contributed by atoms with E-state index in [9.17, 15) is 21.6 Å². The van der Waals surface area contributed by atoms with Crippen LogP contribution in [0.5, 0.6) is 0 Å². The Morgan fingerprint density at radius 1 is 0.842 bits per heavy atom. The first-order valence-electron chi connectivity index (χ1n) is 13.4. The van der Waals surface area contributed by atoms with E-state index in [2.05, 4.69) is 38.0 Å². The number of nitrogens with zero attached hydrogens (tertiary/aromatic N) is 2. The molecule has 5 nitrogen and oxygen atoms in total. The van der Waals surface area contributed by atoms with Crippen LogP contribution >= 0.6 is 0 Å². The second-order valence-electron chi connectivity index (χ2n) is 10.0. The Balaban J connectivity index is 2.08. The Kier molecular flexibility index (Phi) is 10.5. The van der Waals surface area contributed by atoms with Crippen molar-refractivity contribution in [1.29, 1.82) is 0 Å². The number of nitrogens with two attached hydrogens (primary N) is 1. The Morgan fingerprint density at radius 3 is 1.76 bits per heavy atom. The number of benzene rings is 2. The van der Waals surface area contributed by atoms with Crippen LogP contribution in [0.3, 0.4) is 0 Å². The summed E-state index contributed by atoms with van der Waals surface area (Å²) in [5, 5.41) is 9.01. The first-order valence-corrected chi connectivity index (χ1v) is 22.4. The van der Waals surface area contributed by atoms with Gasteiger partial charge in [-0.05, 0) is 0 Å². The molecule has 1 heterocycles. The van der Waals surface area contributed by atoms with Gasteiger partial charge in [0, 0.05) is 0 Å². The van der Waals surface area contributed by atoms with Crippen LogP contribution in [-0.4, -0.2) is 36.6 Å². The molecule has 38 heavy (non-hydrogen) atoms. The van der Waals surface area contributed by atoms with Gasteiger partial charge < -0.3 is 0 Å². The van der Waals surface area contributed by atoms with E-state index < -0.39 is 40.3 Å². The third-order valence-corrected chi connectivity index (χ3v) is 23.8. The third-order valence-electron chi connectivity index (χ3n) is 7.23. The van der Waals surface area contributed by atoms with E-state index in [0.717, 1.165) is 6.07 Å². The number of unbranched alkanes of at least 4 members (excludes halogenated alkanes) is 3. The minimum absolute atomic E-state index is 0.120. The van der Waals surface area contributed by atoms with Crippen LogP contribution in [-0.2, 0) is 16.2 Å². The molecular formula is C28H38F3N3O2SSn. The Bertz CT molecular complexity index is 1270. The predicted octanol–water partition coefficient (Wildman–Crippen LogP) is 7.26. The topological polar surface area (TPSA) is 78.0 Å².